The van der Waals surface area contributed by atoms with E-state index in [-0.39, 0.29) is 6.61 Å². The predicted octanol–water partition coefficient (Wildman–Crippen LogP) is 2.54. The van der Waals surface area contributed by atoms with Gasteiger partial charge in [-0.25, -0.2) is 15.0 Å². The molecule has 0 atom stereocenters. The minimum atomic E-state index is 0.282. The molecule has 4 heterocycles. The number of hydrogen-bond donors (Lipinski definition) is 1. The van der Waals surface area contributed by atoms with E-state index in [0.29, 0.717) is 11.8 Å². The van der Waals surface area contributed by atoms with Crippen LogP contribution in [0.4, 0.5) is 11.8 Å². The number of piperidine rings is 1. The first-order valence-electron chi connectivity index (χ1n) is 10.4. The molecule has 29 heavy (non-hydrogen) atoms. The number of benzene rings is 1. The van der Waals surface area contributed by atoms with Crippen molar-refractivity contribution in [1.29, 1.82) is 0 Å². The third-order valence-corrected chi connectivity index (χ3v) is 6.15. The molecule has 0 radical (unpaired) electrons. The average molecular weight is 390 g/mol. The van der Waals surface area contributed by atoms with Crippen LogP contribution in [0.2, 0.25) is 0 Å². The molecule has 2 aliphatic rings. The first-order chi connectivity index (χ1) is 14.2. The summed E-state index contributed by atoms with van der Waals surface area (Å²) >= 11 is 0. The Bertz CT molecular complexity index is 1010. The Morgan fingerprint density at radius 1 is 1.03 bits per heavy atom. The first kappa shape index (κ1) is 18.2. The number of aryl methyl sites for hydroxylation is 1. The molecule has 1 N–H and O–H groups in total. The fourth-order valence-corrected chi connectivity index (χ4v) is 4.31. The van der Waals surface area contributed by atoms with Gasteiger partial charge in [-0.3, -0.25) is 4.98 Å². The minimum Gasteiger partial charge on any atom is -0.396 e. The summed E-state index contributed by atoms with van der Waals surface area (Å²) in [5, 5.41) is 10.5. The van der Waals surface area contributed by atoms with Crippen LogP contribution >= 0.6 is 0 Å². The molecular weight excluding hydrogens is 364 g/mol. The summed E-state index contributed by atoms with van der Waals surface area (Å²) in [5.74, 6) is 2.54. The Labute approximate surface area is 170 Å². The van der Waals surface area contributed by atoms with Crippen LogP contribution in [-0.2, 0) is 0 Å². The van der Waals surface area contributed by atoms with Crippen molar-refractivity contribution in [2.24, 2.45) is 5.92 Å². The fraction of sp³-hybridized carbons (Fsp3) is 0.455. The lowest BCUT2D eigenvalue weighted by Gasteiger charge is -2.41. The lowest BCUT2D eigenvalue weighted by atomic mass is 9.94. The zero-order chi connectivity index (χ0) is 19.8. The van der Waals surface area contributed by atoms with Crippen molar-refractivity contribution >= 4 is 22.7 Å². The molecule has 0 bridgehead atoms. The Kier molecular flexibility index (Phi) is 4.75. The van der Waals surface area contributed by atoms with E-state index in [4.69, 9.17) is 4.98 Å². The summed E-state index contributed by atoms with van der Waals surface area (Å²) in [6.07, 6.45) is 7.50. The molecule has 7 heteroatoms. The monoisotopic (exact) mass is 390 g/mol. The predicted molar refractivity (Wildman–Crippen MR) is 113 cm³/mol. The maximum Gasteiger partial charge on any atom is 0.225 e. The van der Waals surface area contributed by atoms with Crippen molar-refractivity contribution in [2.45, 2.75) is 25.7 Å². The zero-order valence-electron chi connectivity index (χ0n) is 16.7. The van der Waals surface area contributed by atoms with Crippen molar-refractivity contribution in [2.75, 3.05) is 42.6 Å². The van der Waals surface area contributed by atoms with Crippen LogP contribution in [0, 0.1) is 12.8 Å². The first-order valence-corrected chi connectivity index (χ1v) is 10.4. The topological polar surface area (TPSA) is 78.3 Å². The molecule has 2 aromatic heterocycles. The van der Waals surface area contributed by atoms with Gasteiger partial charge in [-0.2, -0.15) is 0 Å². The molecule has 0 spiro atoms. The summed E-state index contributed by atoms with van der Waals surface area (Å²) in [6.45, 7) is 5.94. The molecule has 7 nitrogen and oxygen atoms in total. The van der Waals surface area contributed by atoms with Crippen molar-refractivity contribution in [1.82, 2.24) is 19.9 Å². The van der Waals surface area contributed by atoms with E-state index in [2.05, 4.69) is 49.9 Å². The summed E-state index contributed by atoms with van der Waals surface area (Å²) in [4.78, 5) is 23.2. The van der Waals surface area contributed by atoms with Gasteiger partial charge in [0.05, 0.1) is 11.2 Å². The van der Waals surface area contributed by atoms with E-state index in [9.17, 15) is 5.11 Å². The standard InChI is InChI=1S/C22H26N6O/c1-15-2-3-19-17(10-15)11-25-22(26-19)28-12-18(13-28)20-21(24-7-6-23-20)27-8-4-16(14-29)5-9-27/h2-3,6-7,10-11,16,18,29H,4-5,8-9,12-14H2,1H3. The lowest BCUT2D eigenvalue weighted by Crippen LogP contribution is -2.47. The van der Waals surface area contributed by atoms with E-state index in [1.54, 1.807) is 12.4 Å². The summed E-state index contributed by atoms with van der Waals surface area (Å²) in [6, 6.07) is 6.26. The highest BCUT2D eigenvalue weighted by atomic mass is 16.3. The summed E-state index contributed by atoms with van der Waals surface area (Å²) < 4.78 is 0. The average Bonchev–Trinajstić information content (AvgIpc) is 2.73. The van der Waals surface area contributed by atoms with E-state index in [1.807, 2.05) is 6.20 Å². The largest absolute Gasteiger partial charge is 0.396 e. The van der Waals surface area contributed by atoms with Crippen molar-refractivity contribution in [3.05, 3.63) is 48.0 Å². The van der Waals surface area contributed by atoms with E-state index in [0.717, 1.165) is 67.4 Å². The molecule has 1 aromatic carbocycles. The summed E-state index contributed by atoms with van der Waals surface area (Å²) in [7, 11) is 0. The Morgan fingerprint density at radius 2 is 1.83 bits per heavy atom. The van der Waals surface area contributed by atoms with Gasteiger partial charge in [-0.05, 0) is 37.8 Å². The molecule has 5 rings (SSSR count). The highest BCUT2D eigenvalue weighted by Gasteiger charge is 2.34. The molecule has 2 fully saturated rings. The van der Waals surface area contributed by atoms with E-state index >= 15 is 0 Å². The number of hydrogen-bond acceptors (Lipinski definition) is 7. The molecule has 150 valence electrons. The second-order valence-corrected chi connectivity index (χ2v) is 8.21. The summed E-state index contributed by atoms with van der Waals surface area (Å²) in [5.41, 5.74) is 3.27. The highest BCUT2D eigenvalue weighted by Crippen LogP contribution is 2.34. The second kappa shape index (κ2) is 7.55. The van der Waals surface area contributed by atoms with Crippen LogP contribution in [0.25, 0.3) is 10.9 Å². The molecule has 2 saturated heterocycles. The van der Waals surface area contributed by atoms with Gasteiger partial charge in [0.15, 0.2) is 5.82 Å². The van der Waals surface area contributed by atoms with Crippen LogP contribution < -0.4 is 9.80 Å². The van der Waals surface area contributed by atoms with Gasteiger partial charge in [-0.15, -0.1) is 0 Å². The minimum absolute atomic E-state index is 0.282. The van der Waals surface area contributed by atoms with Gasteiger partial charge in [-0.1, -0.05) is 11.6 Å². The fourth-order valence-electron chi connectivity index (χ4n) is 4.31. The van der Waals surface area contributed by atoms with Crippen LogP contribution in [0.3, 0.4) is 0 Å². The molecule has 3 aromatic rings. The van der Waals surface area contributed by atoms with Crippen LogP contribution in [0.15, 0.2) is 36.8 Å². The maximum absolute atomic E-state index is 9.39. The Morgan fingerprint density at radius 3 is 2.62 bits per heavy atom. The quantitative estimate of drug-likeness (QED) is 0.733. The van der Waals surface area contributed by atoms with Crippen LogP contribution in [0.1, 0.15) is 30.0 Å². The SMILES string of the molecule is Cc1ccc2nc(N3CC(c4nccnc4N4CCC(CO)CC4)C3)ncc2c1. The molecule has 0 amide bonds. The van der Waals surface area contributed by atoms with Gasteiger partial charge < -0.3 is 14.9 Å². The van der Waals surface area contributed by atoms with E-state index in [1.165, 1.54) is 5.56 Å². The molecule has 0 aliphatic carbocycles. The number of nitrogens with zero attached hydrogens (tertiary/aromatic N) is 6. The zero-order valence-corrected chi connectivity index (χ0v) is 16.7. The van der Waals surface area contributed by atoms with Gasteiger partial charge in [0, 0.05) is 62.7 Å². The van der Waals surface area contributed by atoms with Crippen molar-refractivity contribution < 1.29 is 5.11 Å². The smallest absolute Gasteiger partial charge is 0.225 e. The van der Waals surface area contributed by atoms with Crippen molar-refractivity contribution in [3.63, 3.8) is 0 Å². The molecule has 0 saturated carbocycles. The van der Waals surface area contributed by atoms with Gasteiger partial charge in [0.1, 0.15) is 0 Å². The number of fused-ring (bicyclic) bond motifs is 1. The van der Waals surface area contributed by atoms with Crippen LogP contribution in [0.5, 0.6) is 0 Å². The molecule has 0 unspecified atom stereocenters. The third kappa shape index (κ3) is 3.51. The number of aromatic nitrogens is 4. The highest BCUT2D eigenvalue weighted by molar-refractivity contribution is 5.79. The Balaban J connectivity index is 1.31. The van der Waals surface area contributed by atoms with E-state index < -0.39 is 0 Å². The van der Waals surface area contributed by atoms with Gasteiger partial charge in [0.2, 0.25) is 5.95 Å². The number of anilines is 2. The van der Waals surface area contributed by atoms with Crippen molar-refractivity contribution in [3.8, 4) is 0 Å². The molecule has 2 aliphatic heterocycles. The van der Waals surface area contributed by atoms with Crippen LogP contribution in [-0.4, -0.2) is 57.8 Å². The third-order valence-electron chi connectivity index (χ3n) is 6.15. The number of aliphatic hydroxyl groups excluding tert-OH is 1. The number of aliphatic hydroxyl groups is 1. The Hall–Kier alpha value is -2.80. The normalized spacial score (nSPS) is 18.3. The van der Waals surface area contributed by atoms with Gasteiger partial charge in [0.25, 0.3) is 0 Å². The maximum atomic E-state index is 9.39. The van der Waals surface area contributed by atoms with Gasteiger partial charge >= 0.3 is 0 Å². The number of rotatable bonds is 4. The lowest BCUT2D eigenvalue weighted by molar-refractivity contribution is 0.202. The molecular formula is C22H26N6O. The second-order valence-electron chi connectivity index (χ2n) is 8.21.